The van der Waals surface area contributed by atoms with E-state index >= 15 is 4.39 Å². The number of carbonyl (C=O) groups is 1. The highest BCUT2D eigenvalue weighted by atomic mass is 19.1. The zero-order chi connectivity index (χ0) is 16.9. The Bertz CT molecular complexity index is 680. The molecule has 0 amide bonds. The zero-order valence-electron chi connectivity index (χ0n) is 14.1. The number of fused-ring (bicyclic) bond motifs is 2. The molecule has 1 aromatic rings. The van der Waals surface area contributed by atoms with Gasteiger partial charge < -0.3 is 14.8 Å². The molecule has 24 heavy (non-hydrogen) atoms. The number of nitrogens with one attached hydrogen (secondary N) is 1. The molecule has 3 atom stereocenters. The molecular weight excluding hydrogens is 311 g/mol. The maximum atomic E-state index is 15.1. The molecule has 3 aliphatic rings. The second kappa shape index (κ2) is 5.79. The van der Waals surface area contributed by atoms with E-state index in [2.05, 4.69) is 17.1 Å². The number of esters is 1. The van der Waals surface area contributed by atoms with Crippen molar-refractivity contribution in [1.29, 1.82) is 0 Å². The van der Waals surface area contributed by atoms with Gasteiger partial charge in [0, 0.05) is 43.7 Å². The topological polar surface area (TPSA) is 50.8 Å². The Labute approximate surface area is 141 Å². The minimum atomic E-state index is -0.437. The lowest BCUT2D eigenvalue weighted by Crippen LogP contribution is -2.65. The number of halogens is 1. The number of piperazine rings is 1. The molecule has 2 saturated heterocycles. The third-order valence-electron chi connectivity index (χ3n) is 5.45. The van der Waals surface area contributed by atoms with E-state index in [0.29, 0.717) is 36.3 Å². The lowest BCUT2D eigenvalue weighted by Gasteiger charge is -2.50. The van der Waals surface area contributed by atoms with Gasteiger partial charge in [0.1, 0.15) is 11.9 Å². The molecule has 0 radical (unpaired) electrons. The van der Waals surface area contributed by atoms with E-state index in [9.17, 15) is 4.79 Å². The van der Waals surface area contributed by atoms with Crippen LogP contribution in [-0.4, -0.2) is 55.3 Å². The van der Waals surface area contributed by atoms with Crippen molar-refractivity contribution in [2.45, 2.75) is 38.0 Å². The highest BCUT2D eigenvalue weighted by Gasteiger charge is 2.41. The Morgan fingerprint density at radius 2 is 2.25 bits per heavy atom. The summed E-state index contributed by atoms with van der Waals surface area (Å²) in [4.78, 5) is 14.3. The average molecular weight is 334 g/mol. The molecule has 0 bridgehead atoms. The molecular formula is C18H23FN2O3. The summed E-state index contributed by atoms with van der Waals surface area (Å²) in [5.74, 6) is -0.742. The largest absolute Gasteiger partial charge is 0.459 e. The number of cyclic esters (lactones) is 1. The van der Waals surface area contributed by atoms with E-state index < -0.39 is 5.97 Å². The van der Waals surface area contributed by atoms with E-state index in [1.807, 2.05) is 0 Å². The number of carbonyl (C=O) groups excluding carboxylic acids is 1. The fraction of sp³-hybridized carbons (Fsp3) is 0.611. The van der Waals surface area contributed by atoms with E-state index in [4.69, 9.17) is 9.47 Å². The molecule has 130 valence electrons. The number of hydrogen-bond acceptors (Lipinski definition) is 5. The predicted octanol–water partition coefficient (Wildman–Crippen LogP) is 1.66. The molecule has 6 heteroatoms. The average Bonchev–Trinajstić information content (AvgIpc) is 2.55. The first kappa shape index (κ1) is 16.0. The Balaban J connectivity index is 1.63. The van der Waals surface area contributed by atoms with Crippen molar-refractivity contribution in [1.82, 2.24) is 10.2 Å². The standard InChI is InChI=1S/C18H23FN2O3/c1-11-7-14-12(17(22)24-11)3-4-13(16(14)19)15-8-21-6-5-20-9-18(21,2)10-23-15/h3-4,11,15,20H,5-10H2,1-2H3. The SMILES string of the molecule is CC1Cc2c(ccc(C3CN4CCNCC4(C)CO3)c2F)C(=O)O1. The Hall–Kier alpha value is -1.50. The molecule has 0 spiro atoms. The molecule has 3 unspecified atom stereocenters. The van der Waals surface area contributed by atoms with Crippen LogP contribution < -0.4 is 5.32 Å². The van der Waals surface area contributed by atoms with Crippen LogP contribution in [0, 0.1) is 5.82 Å². The summed E-state index contributed by atoms with van der Waals surface area (Å²) >= 11 is 0. The van der Waals surface area contributed by atoms with Crippen molar-refractivity contribution >= 4 is 5.97 Å². The number of ether oxygens (including phenoxy) is 2. The normalized spacial score (nSPS) is 33.5. The number of benzene rings is 1. The van der Waals surface area contributed by atoms with Gasteiger partial charge in [0.25, 0.3) is 0 Å². The first-order valence-corrected chi connectivity index (χ1v) is 8.57. The van der Waals surface area contributed by atoms with Crippen LogP contribution in [0.2, 0.25) is 0 Å². The summed E-state index contributed by atoms with van der Waals surface area (Å²) in [6.07, 6.45) is -0.174. The van der Waals surface area contributed by atoms with Crippen LogP contribution in [0.3, 0.4) is 0 Å². The van der Waals surface area contributed by atoms with Crippen LogP contribution in [0.4, 0.5) is 4.39 Å². The van der Waals surface area contributed by atoms with Crippen LogP contribution in [-0.2, 0) is 15.9 Å². The summed E-state index contributed by atoms with van der Waals surface area (Å²) in [5.41, 5.74) is 1.33. The van der Waals surface area contributed by atoms with Crippen LogP contribution in [0.5, 0.6) is 0 Å². The van der Waals surface area contributed by atoms with Crippen LogP contribution in [0.15, 0.2) is 12.1 Å². The smallest absolute Gasteiger partial charge is 0.338 e. The maximum absolute atomic E-state index is 15.1. The lowest BCUT2D eigenvalue weighted by atomic mass is 9.91. The molecule has 0 aliphatic carbocycles. The van der Waals surface area contributed by atoms with Crippen molar-refractivity contribution in [2.24, 2.45) is 0 Å². The Kier molecular flexibility index (Phi) is 3.86. The summed E-state index contributed by atoms with van der Waals surface area (Å²) in [6.45, 7) is 7.97. The Morgan fingerprint density at radius 1 is 1.42 bits per heavy atom. The number of rotatable bonds is 1. The quantitative estimate of drug-likeness (QED) is 0.792. The number of nitrogens with zero attached hydrogens (tertiary/aromatic N) is 1. The van der Waals surface area contributed by atoms with Gasteiger partial charge in [-0.2, -0.15) is 0 Å². The molecule has 1 N–H and O–H groups in total. The van der Waals surface area contributed by atoms with Gasteiger partial charge in [-0.1, -0.05) is 6.07 Å². The second-order valence-electron chi connectivity index (χ2n) is 7.33. The molecule has 2 fully saturated rings. The summed E-state index contributed by atoms with van der Waals surface area (Å²) in [7, 11) is 0. The number of hydrogen-bond donors (Lipinski definition) is 1. The minimum absolute atomic E-state index is 0.0300. The molecule has 3 heterocycles. The molecule has 0 saturated carbocycles. The number of morpholine rings is 1. The van der Waals surface area contributed by atoms with Crippen molar-refractivity contribution in [3.05, 3.63) is 34.6 Å². The van der Waals surface area contributed by atoms with Gasteiger partial charge in [-0.05, 0) is 19.9 Å². The third kappa shape index (κ3) is 2.53. The summed E-state index contributed by atoms with van der Waals surface area (Å²) < 4.78 is 26.3. The fourth-order valence-corrected chi connectivity index (χ4v) is 3.98. The van der Waals surface area contributed by atoms with Gasteiger partial charge >= 0.3 is 5.97 Å². The van der Waals surface area contributed by atoms with Crippen LogP contribution in [0.1, 0.15) is 41.4 Å². The van der Waals surface area contributed by atoms with Gasteiger partial charge in [0.2, 0.25) is 0 Å². The van der Waals surface area contributed by atoms with Crippen LogP contribution in [0.25, 0.3) is 0 Å². The van der Waals surface area contributed by atoms with Gasteiger partial charge in [-0.3, -0.25) is 4.90 Å². The van der Waals surface area contributed by atoms with E-state index in [1.54, 1.807) is 19.1 Å². The zero-order valence-corrected chi connectivity index (χ0v) is 14.1. The minimum Gasteiger partial charge on any atom is -0.459 e. The van der Waals surface area contributed by atoms with Crippen LogP contribution >= 0.6 is 0 Å². The molecule has 5 nitrogen and oxygen atoms in total. The van der Waals surface area contributed by atoms with E-state index in [1.165, 1.54) is 0 Å². The maximum Gasteiger partial charge on any atom is 0.338 e. The van der Waals surface area contributed by atoms with Crippen molar-refractivity contribution in [3.8, 4) is 0 Å². The van der Waals surface area contributed by atoms with Crippen molar-refractivity contribution in [3.63, 3.8) is 0 Å². The summed E-state index contributed by atoms with van der Waals surface area (Å²) in [5, 5.41) is 3.39. The summed E-state index contributed by atoms with van der Waals surface area (Å²) in [6, 6.07) is 3.36. The van der Waals surface area contributed by atoms with Gasteiger partial charge in [0.15, 0.2) is 0 Å². The molecule has 1 aromatic carbocycles. The highest BCUT2D eigenvalue weighted by Crippen LogP contribution is 2.35. The predicted molar refractivity (Wildman–Crippen MR) is 86.5 cm³/mol. The van der Waals surface area contributed by atoms with Gasteiger partial charge in [0.05, 0.1) is 23.8 Å². The first-order valence-electron chi connectivity index (χ1n) is 8.57. The van der Waals surface area contributed by atoms with E-state index in [-0.39, 0.29) is 23.6 Å². The van der Waals surface area contributed by atoms with E-state index in [0.717, 1.165) is 19.6 Å². The van der Waals surface area contributed by atoms with Gasteiger partial charge in [-0.15, -0.1) is 0 Å². The Morgan fingerprint density at radius 3 is 3.08 bits per heavy atom. The molecule has 4 rings (SSSR count). The molecule has 0 aromatic heterocycles. The van der Waals surface area contributed by atoms with Gasteiger partial charge in [-0.25, -0.2) is 9.18 Å². The highest BCUT2D eigenvalue weighted by molar-refractivity contribution is 5.92. The lowest BCUT2D eigenvalue weighted by molar-refractivity contribution is -0.116. The monoisotopic (exact) mass is 334 g/mol. The fourth-order valence-electron chi connectivity index (χ4n) is 3.98. The third-order valence-corrected chi connectivity index (χ3v) is 5.45. The van der Waals surface area contributed by atoms with Crippen molar-refractivity contribution in [2.75, 3.05) is 32.8 Å². The molecule has 3 aliphatic heterocycles. The van der Waals surface area contributed by atoms with Crippen molar-refractivity contribution < 1.29 is 18.7 Å². The second-order valence-corrected chi connectivity index (χ2v) is 7.33. The first-order chi connectivity index (χ1) is 11.5.